The summed E-state index contributed by atoms with van der Waals surface area (Å²) in [5.74, 6) is 0. The van der Waals surface area contributed by atoms with Gasteiger partial charge in [-0.05, 0) is 85.6 Å². The number of nitrogens with one attached hydrogen (secondary N) is 1. The van der Waals surface area contributed by atoms with Crippen LogP contribution in [0.2, 0.25) is 0 Å². The molecule has 2 fully saturated rings. The average Bonchev–Trinajstić information content (AvgIpc) is 3.42. The third-order valence-corrected chi connectivity index (χ3v) is 8.65. The lowest BCUT2D eigenvalue weighted by atomic mass is 9.79. The van der Waals surface area contributed by atoms with Crippen LogP contribution in [0.3, 0.4) is 0 Å². The number of thiazole rings is 1. The van der Waals surface area contributed by atoms with Crippen LogP contribution < -0.4 is 0 Å². The van der Waals surface area contributed by atoms with Crippen molar-refractivity contribution in [3.8, 4) is 10.6 Å². The molecule has 1 N–H and O–H groups in total. The van der Waals surface area contributed by atoms with Gasteiger partial charge in [-0.3, -0.25) is 4.90 Å². The molecule has 2 aliphatic rings. The SMILES string of the molecule is Ic1nc(-c2ccc3[nH]ccc3c2)sc1C1(N2CCCC2)CCCCC1. The molecule has 5 rings (SSSR count). The fourth-order valence-corrected chi connectivity index (χ4v) is 7.33. The van der Waals surface area contributed by atoms with Crippen molar-refractivity contribution in [1.82, 2.24) is 14.9 Å². The molecule has 1 saturated carbocycles. The van der Waals surface area contributed by atoms with E-state index in [4.69, 9.17) is 4.98 Å². The van der Waals surface area contributed by atoms with Crippen molar-refractivity contribution in [1.29, 1.82) is 0 Å². The summed E-state index contributed by atoms with van der Waals surface area (Å²) >= 11 is 4.44. The van der Waals surface area contributed by atoms with Gasteiger partial charge in [0.05, 0.1) is 10.4 Å². The second kappa shape index (κ2) is 6.91. The summed E-state index contributed by atoms with van der Waals surface area (Å²) in [6.45, 7) is 2.53. The molecule has 0 spiro atoms. The zero-order valence-electron chi connectivity index (χ0n) is 14.9. The molecule has 0 atom stereocenters. The number of aromatic nitrogens is 2. The Morgan fingerprint density at radius 2 is 1.85 bits per heavy atom. The Bertz CT molecular complexity index is 916. The molecule has 1 saturated heterocycles. The van der Waals surface area contributed by atoms with Crippen LogP contribution >= 0.6 is 33.9 Å². The average molecular weight is 477 g/mol. The molecule has 5 heteroatoms. The first-order valence-electron chi connectivity index (χ1n) is 9.76. The van der Waals surface area contributed by atoms with Crippen LogP contribution in [0.5, 0.6) is 0 Å². The van der Waals surface area contributed by atoms with E-state index >= 15 is 0 Å². The molecule has 3 heterocycles. The van der Waals surface area contributed by atoms with Crippen molar-refractivity contribution in [2.75, 3.05) is 13.1 Å². The summed E-state index contributed by atoms with van der Waals surface area (Å²) in [5.41, 5.74) is 2.69. The van der Waals surface area contributed by atoms with Crippen molar-refractivity contribution in [3.05, 3.63) is 39.0 Å². The van der Waals surface area contributed by atoms with Crippen LogP contribution in [0, 0.1) is 3.70 Å². The first-order valence-corrected chi connectivity index (χ1v) is 11.7. The Morgan fingerprint density at radius 1 is 1.04 bits per heavy atom. The number of aromatic amines is 1. The van der Waals surface area contributed by atoms with Crippen molar-refractivity contribution in [2.45, 2.75) is 50.5 Å². The molecule has 2 aromatic heterocycles. The van der Waals surface area contributed by atoms with Gasteiger partial charge in [0.15, 0.2) is 0 Å². The van der Waals surface area contributed by atoms with E-state index in [9.17, 15) is 0 Å². The number of H-pyrrole nitrogens is 1. The maximum absolute atomic E-state index is 5.03. The highest BCUT2D eigenvalue weighted by Crippen LogP contribution is 2.48. The number of benzene rings is 1. The van der Waals surface area contributed by atoms with Gasteiger partial charge in [0.2, 0.25) is 0 Å². The second-order valence-electron chi connectivity index (χ2n) is 7.71. The van der Waals surface area contributed by atoms with E-state index in [1.165, 1.54) is 88.1 Å². The predicted molar refractivity (Wildman–Crippen MR) is 118 cm³/mol. The Balaban J connectivity index is 1.58. The van der Waals surface area contributed by atoms with E-state index in [0.29, 0.717) is 0 Å². The maximum atomic E-state index is 5.03. The second-order valence-corrected chi connectivity index (χ2v) is 9.73. The molecular formula is C21H24IN3S. The van der Waals surface area contributed by atoms with E-state index in [2.05, 4.69) is 56.7 Å². The molecule has 0 radical (unpaired) electrons. The summed E-state index contributed by atoms with van der Waals surface area (Å²) < 4.78 is 1.23. The lowest BCUT2D eigenvalue weighted by molar-refractivity contribution is 0.0731. The van der Waals surface area contributed by atoms with E-state index in [0.717, 1.165) is 0 Å². The lowest BCUT2D eigenvalue weighted by Crippen LogP contribution is -2.45. The molecular weight excluding hydrogens is 453 g/mol. The minimum atomic E-state index is 0.249. The van der Waals surface area contributed by atoms with Crippen molar-refractivity contribution >= 4 is 44.8 Å². The van der Waals surface area contributed by atoms with Crippen molar-refractivity contribution < 1.29 is 0 Å². The third-order valence-electron chi connectivity index (χ3n) is 6.20. The minimum Gasteiger partial charge on any atom is -0.361 e. The molecule has 3 nitrogen and oxygen atoms in total. The number of fused-ring (bicyclic) bond motifs is 1. The normalized spacial score (nSPS) is 20.8. The number of hydrogen-bond acceptors (Lipinski definition) is 3. The number of halogens is 1. The highest BCUT2D eigenvalue weighted by Gasteiger charge is 2.43. The van der Waals surface area contributed by atoms with Gasteiger partial charge in [0.1, 0.15) is 8.71 Å². The van der Waals surface area contributed by atoms with E-state index < -0.39 is 0 Å². The molecule has 136 valence electrons. The molecule has 0 unspecified atom stereocenters. The van der Waals surface area contributed by atoms with Crippen molar-refractivity contribution in [2.24, 2.45) is 0 Å². The highest BCUT2D eigenvalue weighted by atomic mass is 127. The molecule has 1 aliphatic heterocycles. The predicted octanol–water partition coefficient (Wildman–Crippen LogP) is 6.15. The Morgan fingerprint density at radius 3 is 2.65 bits per heavy atom. The third kappa shape index (κ3) is 2.83. The van der Waals surface area contributed by atoms with E-state index in [1.807, 2.05) is 17.5 Å². The fraction of sp³-hybridized carbons (Fsp3) is 0.476. The van der Waals surface area contributed by atoms with Crippen LogP contribution in [-0.2, 0) is 5.54 Å². The van der Waals surface area contributed by atoms with Gasteiger partial charge in [0, 0.05) is 22.7 Å². The summed E-state index contributed by atoms with van der Waals surface area (Å²) in [5, 5.41) is 2.44. The Kier molecular flexibility index (Phi) is 4.57. The fourth-order valence-electron chi connectivity index (χ4n) is 4.87. The van der Waals surface area contributed by atoms with E-state index in [-0.39, 0.29) is 5.54 Å². The van der Waals surface area contributed by atoms with Gasteiger partial charge < -0.3 is 4.98 Å². The molecule has 0 amide bonds. The smallest absolute Gasteiger partial charge is 0.124 e. The maximum Gasteiger partial charge on any atom is 0.124 e. The van der Waals surface area contributed by atoms with Gasteiger partial charge in [-0.1, -0.05) is 19.3 Å². The first-order chi connectivity index (χ1) is 12.8. The molecule has 26 heavy (non-hydrogen) atoms. The Hall–Kier alpha value is -0.920. The first kappa shape index (κ1) is 17.2. The van der Waals surface area contributed by atoms with Crippen molar-refractivity contribution in [3.63, 3.8) is 0 Å². The number of rotatable bonds is 3. The van der Waals surface area contributed by atoms with Crippen LogP contribution in [0.15, 0.2) is 30.5 Å². The van der Waals surface area contributed by atoms with E-state index in [1.54, 1.807) is 0 Å². The summed E-state index contributed by atoms with van der Waals surface area (Å²) in [6, 6.07) is 8.80. The number of hydrogen-bond donors (Lipinski definition) is 1. The van der Waals surface area contributed by atoms with Gasteiger partial charge >= 0.3 is 0 Å². The standard InChI is InChI=1S/C21H24IN3S/c22-19-18(21(9-2-1-3-10-21)25-12-4-5-13-25)26-20(24-19)16-6-7-17-15(14-16)8-11-23-17/h6-8,11,14,23H,1-5,9-10,12-13H2. The van der Waals surface area contributed by atoms with Gasteiger partial charge in [-0.25, -0.2) is 4.98 Å². The minimum absolute atomic E-state index is 0.249. The highest BCUT2D eigenvalue weighted by molar-refractivity contribution is 14.1. The molecule has 3 aromatic rings. The molecule has 1 aromatic carbocycles. The number of likely N-dealkylation sites (tertiary alicyclic amines) is 1. The lowest BCUT2D eigenvalue weighted by Gasteiger charge is -2.44. The zero-order chi connectivity index (χ0) is 17.6. The molecule has 1 aliphatic carbocycles. The van der Waals surface area contributed by atoms with Gasteiger partial charge in [-0.2, -0.15) is 0 Å². The van der Waals surface area contributed by atoms with Crippen LogP contribution in [-0.4, -0.2) is 28.0 Å². The van der Waals surface area contributed by atoms with Gasteiger partial charge in [-0.15, -0.1) is 11.3 Å². The Labute approximate surface area is 172 Å². The number of nitrogens with zero attached hydrogens (tertiary/aromatic N) is 2. The zero-order valence-corrected chi connectivity index (χ0v) is 17.9. The molecule has 0 bridgehead atoms. The monoisotopic (exact) mass is 477 g/mol. The quantitative estimate of drug-likeness (QED) is 0.459. The summed E-state index contributed by atoms with van der Waals surface area (Å²) in [4.78, 5) is 12.6. The van der Waals surface area contributed by atoms with Crippen LogP contribution in [0.1, 0.15) is 49.8 Å². The van der Waals surface area contributed by atoms with Crippen LogP contribution in [0.4, 0.5) is 0 Å². The summed E-state index contributed by atoms with van der Waals surface area (Å²) in [7, 11) is 0. The topological polar surface area (TPSA) is 31.9 Å². The summed E-state index contributed by atoms with van der Waals surface area (Å²) in [6.07, 6.45) is 11.4. The largest absolute Gasteiger partial charge is 0.361 e. The van der Waals surface area contributed by atoms with Gasteiger partial charge in [0.25, 0.3) is 0 Å². The van der Waals surface area contributed by atoms with Crippen LogP contribution in [0.25, 0.3) is 21.5 Å².